The topological polar surface area (TPSA) is 17.1 Å². The van der Waals surface area contributed by atoms with E-state index in [2.05, 4.69) is 17.5 Å². The summed E-state index contributed by atoms with van der Waals surface area (Å²) in [6.07, 6.45) is 0.932. The number of carbonyl (C=O) groups excluding carboxylic acids is 1. The van der Waals surface area contributed by atoms with E-state index in [4.69, 9.17) is 0 Å². The van der Waals surface area contributed by atoms with Crippen LogP contribution in [0.5, 0.6) is 0 Å². The van der Waals surface area contributed by atoms with Crippen molar-refractivity contribution in [1.29, 1.82) is 0 Å². The van der Waals surface area contributed by atoms with Crippen LogP contribution in [-0.4, -0.2) is 6.29 Å². The normalized spacial score (nSPS) is 10.9. The number of hydrogen-bond donors (Lipinski definition) is 0. The van der Waals surface area contributed by atoms with Crippen molar-refractivity contribution in [3.8, 4) is 0 Å². The predicted molar refractivity (Wildman–Crippen MR) is 64.7 cm³/mol. The Bertz CT molecular complexity index is 652. The molecule has 72 valence electrons. The number of benzene rings is 2. The average molecular weight is 212 g/mol. The van der Waals surface area contributed by atoms with Crippen LogP contribution >= 0.6 is 11.3 Å². The lowest BCUT2D eigenvalue weighted by Crippen LogP contribution is -1.83. The Kier molecular flexibility index (Phi) is 1.82. The quantitative estimate of drug-likeness (QED) is 0.560. The summed E-state index contributed by atoms with van der Waals surface area (Å²) in [7, 11) is 0. The summed E-state index contributed by atoms with van der Waals surface area (Å²) in [5.74, 6) is 0. The second-order valence-corrected chi connectivity index (χ2v) is 4.41. The largest absolute Gasteiger partial charge is 0.298 e. The van der Waals surface area contributed by atoms with E-state index in [1.165, 1.54) is 15.5 Å². The van der Waals surface area contributed by atoms with Crippen molar-refractivity contribution in [2.75, 3.05) is 0 Å². The number of fused-ring (bicyclic) bond motifs is 3. The van der Waals surface area contributed by atoms with E-state index in [1.807, 2.05) is 24.3 Å². The van der Waals surface area contributed by atoms with Gasteiger partial charge in [-0.2, -0.15) is 0 Å². The fraction of sp³-hybridized carbons (Fsp3) is 0. The van der Waals surface area contributed by atoms with Crippen molar-refractivity contribution >= 4 is 38.5 Å². The molecule has 0 radical (unpaired) electrons. The third kappa shape index (κ3) is 1.18. The first kappa shape index (κ1) is 8.62. The van der Waals surface area contributed by atoms with E-state index in [9.17, 15) is 4.79 Å². The molecule has 0 atom stereocenters. The molecule has 0 fully saturated rings. The molecule has 0 aliphatic carbocycles. The van der Waals surface area contributed by atoms with E-state index < -0.39 is 0 Å². The van der Waals surface area contributed by atoms with E-state index in [0.717, 1.165) is 17.2 Å². The van der Waals surface area contributed by atoms with Crippen molar-refractivity contribution in [1.82, 2.24) is 0 Å². The van der Waals surface area contributed by atoms with E-state index in [-0.39, 0.29) is 0 Å². The minimum atomic E-state index is 0.778. The Labute approximate surface area is 91.0 Å². The highest BCUT2D eigenvalue weighted by Crippen LogP contribution is 2.31. The van der Waals surface area contributed by atoms with Crippen molar-refractivity contribution < 1.29 is 4.79 Å². The first-order valence-electron chi connectivity index (χ1n) is 4.74. The number of aldehydes is 1. The molecule has 0 unspecified atom stereocenters. The molecule has 0 amide bonds. The van der Waals surface area contributed by atoms with Gasteiger partial charge in [0.1, 0.15) is 0 Å². The van der Waals surface area contributed by atoms with Gasteiger partial charge >= 0.3 is 0 Å². The van der Waals surface area contributed by atoms with E-state index in [0.29, 0.717) is 0 Å². The van der Waals surface area contributed by atoms with Crippen LogP contribution in [0, 0.1) is 0 Å². The summed E-state index contributed by atoms with van der Waals surface area (Å²) >= 11 is 1.67. The van der Waals surface area contributed by atoms with Crippen LogP contribution < -0.4 is 0 Å². The Morgan fingerprint density at radius 3 is 2.60 bits per heavy atom. The molecular weight excluding hydrogens is 204 g/mol. The molecule has 2 aromatic carbocycles. The Morgan fingerprint density at radius 2 is 1.80 bits per heavy atom. The van der Waals surface area contributed by atoms with Gasteiger partial charge in [-0.15, -0.1) is 11.3 Å². The van der Waals surface area contributed by atoms with Crippen LogP contribution in [-0.2, 0) is 0 Å². The van der Waals surface area contributed by atoms with E-state index >= 15 is 0 Å². The predicted octanol–water partition coefficient (Wildman–Crippen LogP) is 3.87. The SMILES string of the molecule is O=Cc1cc2sccc2c2ccccc12. The van der Waals surface area contributed by atoms with Crippen LogP contribution in [0.4, 0.5) is 0 Å². The smallest absolute Gasteiger partial charge is 0.150 e. The summed E-state index contributed by atoms with van der Waals surface area (Å²) in [5, 5.41) is 5.50. The molecule has 0 saturated heterocycles. The van der Waals surface area contributed by atoms with Gasteiger partial charge in [0.2, 0.25) is 0 Å². The van der Waals surface area contributed by atoms with Gasteiger partial charge in [-0.1, -0.05) is 24.3 Å². The first-order chi connectivity index (χ1) is 7.40. The molecule has 0 aliphatic rings. The number of hydrogen-bond acceptors (Lipinski definition) is 2. The minimum Gasteiger partial charge on any atom is -0.298 e. The molecule has 2 heteroatoms. The van der Waals surface area contributed by atoms with E-state index in [1.54, 1.807) is 11.3 Å². The lowest BCUT2D eigenvalue weighted by molar-refractivity contribution is 0.112. The molecule has 15 heavy (non-hydrogen) atoms. The highest BCUT2D eigenvalue weighted by Gasteiger charge is 2.05. The van der Waals surface area contributed by atoms with Gasteiger partial charge in [-0.25, -0.2) is 0 Å². The van der Waals surface area contributed by atoms with Gasteiger partial charge in [0.05, 0.1) is 0 Å². The minimum absolute atomic E-state index is 0.778. The van der Waals surface area contributed by atoms with Gasteiger partial charge in [0.25, 0.3) is 0 Å². The van der Waals surface area contributed by atoms with Gasteiger partial charge in [-0.05, 0) is 28.3 Å². The van der Waals surface area contributed by atoms with Crippen molar-refractivity contribution in [2.45, 2.75) is 0 Å². The zero-order valence-corrected chi connectivity index (χ0v) is 8.75. The molecule has 1 heterocycles. The summed E-state index contributed by atoms with van der Waals surface area (Å²) in [5.41, 5.74) is 0.778. The Hall–Kier alpha value is -1.67. The summed E-state index contributed by atoms with van der Waals surface area (Å²) in [4.78, 5) is 11.0. The molecule has 1 nitrogen and oxygen atoms in total. The zero-order valence-electron chi connectivity index (χ0n) is 7.94. The highest BCUT2D eigenvalue weighted by atomic mass is 32.1. The highest BCUT2D eigenvalue weighted by molar-refractivity contribution is 7.17. The molecule has 1 aromatic heterocycles. The van der Waals surface area contributed by atoms with Crippen LogP contribution in [0.1, 0.15) is 10.4 Å². The van der Waals surface area contributed by atoms with Gasteiger partial charge < -0.3 is 0 Å². The summed E-state index contributed by atoms with van der Waals surface area (Å²) in [6.45, 7) is 0. The van der Waals surface area contributed by atoms with Crippen LogP contribution in [0.25, 0.3) is 20.9 Å². The number of rotatable bonds is 1. The molecule has 0 saturated carbocycles. The molecule has 3 aromatic rings. The maximum absolute atomic E-state index is 11.0. The van der Waals surface area contributed by atoms with Crippen LogP contribution in [0.3, 0.4) is 0 Å². The van der Waals surface area contributed by atoms with Gasteiger partial charge in [0, 0.05) is 15.6 Å². The maximum atomic E-state index is 11.0. The first-order valence-corrected chi connectivity index (χ1v) is 5.62. The monoisotopic (exact) mass is 212 g/mol. The molecule has 0 bridgehead atoms. The molecular formula is C13H8OS. The van der Waals surface area contributed by atoms with Crippen molar-refractivity contribution in [3.05, 3.63) is 47.3 Å². The molecule has 0 spiro atoms. The lowest BCUT2D eigenvalue weighted by Gasteiger charge is -2.02. The van der Waals surface area contributed by atoms with Crippen molar-refractivity contribution in [3.63, 3.8) is 0 Å². The average Bonchev–Trinajstić information content (AvgIpc) is 2.76. The number of carbonyl (C=O) groups is 1. The summed E-state index contributed by atoms with van der Waals surface area (Å²) in [6, 6.07) is 12.1. The fourth-order valence-electron chi connectivity index (χ4n) is 1.94. The second-order valence-electron chi connectivity index (χ2n) is 3.46. The zero-order chi connectivity index (χ0) is 10.3. The lowest BCUT2D eigenvalue weighted by atomic mass is 10.0. The third-order valence-electron chi connectivity index (χ3n) is 2.64. The Balaban J connectivity index is 2.64. The molecule has 0 aliphatic heterocycles. The molecule has 3 rings (SSSR count). The van der Waals surface area contributed by atoms with Crippen molar-refractivity contribution in [2.24, 2.45) is 0 Å². The fourth-order valence-corrected chi connectivity index (χ4v) is 2.79. The second kappa shape index (κ2) is 3.17. The van der Waals surface area contributed by atoms with Gasteiger partial charge in [-0.3, -0.25) is 4.79 Å². The summed E-state index contributed by atoms with van der Waals surface area (Å²) < 4.78 is 1.18. The standard InChI is InChI=1S/C13H8OS/c14-8-9-7-13-12(5-6-15-13)11-4-2-1-3-10(9)11/h1-8H. The van der Waals surface area contributed by atoms with Crippen LogP contribution in [0.15, 0.2) is 41.8 Å². The van der Waals surface area contributed by atoms with Gasteiger partial charge in [0.15, 0.2) is 6.29 Å². The van der Waals surface area contributed by atoms with Crippen LogP contribution in [0.2, 0.25) is 0 Å². The number of thiophene rings is 1. The third-order valence-corrected chi connectivity index (χ3v) is 3.50. The Morgan fingerprint density at radius 1 is 1.00 bits per heavy atom. The molecule has 0 N–H and O–H groups in total. The maximum Gasteiger partial charge on any atom is 0.150 e.